The second-order valence-electron chi connectivity index (χ2n) is 2.77. The van der Waals surface area contributed by atoms with Gasteiger partial charge in [-0.1, -0.05) is 33.4 Å². The Morgan fingerprint density at radius 1 is 1.25 bits per heavy atom. The van der Waals surface area contributed by atoms with Crippen molar-refractivity contribution in [2.45, 2.75) is 19.8 Å². The average Bonchev–Trinajstić information content (AvgIpc) is 2.22. The molecule has 0 amide bonds. The standard InChI is InChI=1S/C8H19O4PS3/c1-2-11-13(10,14)12-6-4-8-16-15-7-3-5-9/h9H,2-8H2,1H3,(H,10,14)/p-1. The molecule has 0 aromatic rings. The molecule has 0 fully saturated rings. The van der Waals surface area contributed by atoms with Crippen LogP contribution in [0.2, 0.25) is 0 Å². The van der Waals surface area contributed by atoms with Crippen molar-refractivity contribution < 1.29 is 19.0 Å². The van der Waals surface area contributed by atoms with E-state index in [9.17, 15) is 4.89 Å². The van der Waals surface area contributed by atoms with Crippen molar-refractivity contribution >= 4 is 40.1 Å². The van der Waals surface area contributed by atoms with Crippen LogP contribution < -0.4 is 4.89 Å². The van der Waals surface area contributed by atoms with E-state index in [1.54, 1.807) is 28.5 Å². The maximum absolute atomic E-state index is 11.3. The molecular formula is C8H18O4PS3-. The lowest BCUT2D eigenvalue weighted by Gasteiger charge is -2.26. The predicted molar refractivity (Wildman–Crippen MR) is 73.1 cm³/mol. The van der Waals surface area contributed by atoms with Crippen LogP contribution in [-0.4, -0.2) is 36.4 Å². The maximum Gasteiger partial charge on any atom is 0.115 e. The molecule has 0 bridgehead atoms. The van der Waals surface area contributed by atoms with Crippen LogP contribution in [0.15, 0.2) is 0 Å². The lowest BCUT2D eigenvalue weighted by Crippen LogP contribution is -2.08. The summed E-state index contributed by atoms with van der Waals surface area (Å²) in [7, 11) is 3.44. The molecule has 0 saturated heterocycles. The van der Waals surface area contributed by atoms with E-state index in [1.165, 1.54) is 0 Å². The van der Waals surface area contributed by atoms with E-state index in [0.29, 0.717) is 13.2 Å². The van der Waals surface area contributed by atoms with Gasteiger partial charge in [-0.2, -0.15) is 0 Å². The molecule has 1 atom stereocenters. The van der Waals surface area contributed by atoms with Crippen LogP contribution in [0.5, 0.6) is 0 Å². The number of aliphatic hydroxyl groups excluding tert-OH is 1. The zero-order valence-corrected chi connectivity index (χ0v) is 12.6. The van der Waals surface area contributed by atoms with Gasteiger partial charge in [0.25, 0.3) is 0 Å². The van der Waals surface area contributed by atoms with Crippen molar-refractivity contribution in [3.8, 4) is 0 Å². The first-order chi connectivity index (χ1) is 7.62. The summed E-state index contributed by atoms with van der Waals surface area (Å²) in [5, 5.41) is 8.55. The van der Waals surface area contributed by atoms with Crippen LogP contribution in [0.3, 0.4) is 0 Å². The van der Waals surface area contributed by atoms with Gasteiger partial charge in [0, 0.05) is 18.1 Å². The lowest BCUT2D eigenvalue weighted by molar-refractivity contribution is -0.206. The quantitative estimate of drug-likeness (QED) is 0.355. The molecule has 0 heterocycles. The van der Waals surface area contributed by atoms with Gasteiger partial charge in [0.1, 0.15) is 6.72 Å². The van der Waals surface area contributed by atoms with Crippen LogP contribution >= 0.6 is 28.3 Å². The minimum atomic E-state index is -3.22. The third-order valence-corrected chi connectivity index (χ3v) is 5.66. The summed E-state index contributed by atoms with van der Waals surface area (Å²) < 4.78 is 9.78. The summed E-state index contributed by atoms with van der Waals surface area (Å²) in [5.41, 5.74) is 0. The molecule has 0 radical (unpaired) electrons. The zero-order chi connectivity index (χ0) is 12.3. The fourth-order valence-electron chi connectivity index (χ4n) is 0.731. The maximum atomic E-state index is 11.3. The van der Waals surface area contributed by atoms with Crippen LogP contribution in [0.4, 0.5) is 0 Å². The minimum Gasteiger partial charge on any atom is -0.780 e. The molecule has 0 aliphatic rings. The predicted octanol–water partition coefficient (Wildman–Crippen LogP) is 1.78. The van der Waals surface area contributed by atoms with Gasteiger partial charge >= 0.3 is 0 Å². The van der Waals surface area contributed by atoms with Gasteiger partial charge in [0.15, 0.2) is 0 Å². The van der Waals surface area contributed by atoms with E-state index in [2.05, 4.69) is 11.8 Å². The summed E-state index contributed by atoms with van der Waals surface area (Å²) >= 11 is 4.65. The van der Waals surface area contributed by atoms with Crippen LogP contribution in [0.25, 0.3) is 0 Å². The highest BCUT2D eigenvalue weighted by molar-refractivity contribution is 8.76. The van der Waals surface area contributed by atoms with Crippen molar-refractivity contribution in [1.29, 1.82) is 0 Å². The van der Waals surface area contributed by atoms with Crippen molar-refractivity contribution in [2.75, 3.05) is 31.3 Å². The van der Waals surface area contributed by atoms with Crippen molar-refractivity contribution in [3.63, 3.8) is 0 Å². The molecule has 0 rings (SSSR count). The normalized spacial score (nSPS) is 14.9. The summed E-state index contributed by atoms with van der Waals surface area (Å²) in [5.74, 6) is 1.86. The average molecular weight is 305 g/mol. The molecule has 98 valence electrons. The monoisotopic (exact) mass is 305 g/mol. The second-order valence-corrected chi connectivity index (χ2v) is 8.23. The molecule has 0 saturated carbocycles. The van der Waals surface area contributed by atoms with Gasteiger partial charge in [0.2, 0.25) is 0 Å². The van der Waals surface area contributed by atoms with Crippen LogP contribution in [0, 0.1) is 0 Å². The highest BCUT2D eigenvalue weighted by Gasteiger charge is 2.01. The molecule has 0 aromatic heterocycles. The van der Waals surface area contributed by atoms with Crippen molar-refractivity contribution in [2.24, 2.45) is 0 Å². The Hall–Kier alpha value is 1.19. The number of aliphatic hydroxyl groups is 1. The second kappa shape index (κ2) is 11.3. The van der Waals surface area contributed by atoms with Crippen molar-refractivity contribution in [3.05, 3.63) is 0 Å². The van der Waals surface area contributed by atoms with Gasteiger partial charge in [-0.15, -0.1) is 0 Å². The highest BCUT2D eigenvalue weighted by Crippen LogP contribution is 2.38. The first-order valence-corrected chi connectivity index (χ1v) is 10.1. The molecule has 8 heteroatoms. The topological polar surface area (TPSA) is 61.8 Å². The van der Waals surface area contributed by atoms with Gasteiger partial charge in [-0.3, -0.25) is 0 Å². The van der Waals surface area contributed by atoms with Gasteiger partial charge in [0.05, 0.1) is 13.2 Å². The first-order valence-electron chi connectivity index (χ1n) is 5.07. The summed E-state index contributed by atoms with van der Waals surface area (Å²) in [4.78, 5) is 11.3. The molecular weight excluding hydrogens is 287 g/mol. The Balaban J connectivity index is 3.23. The van der Waals surface area contributed by atoms with Crippen LogP contribution in [0.1, 0.15) is 19.8 Å². The molecule has 0 aromatic carbocycles. The largest absolute Gasteiger partial charge is 0.780 e. The summed E-state index contributed by atoms with van der Waals surface area (Å²) in [6.07, 6.45) is 1.62. The Morgan fingerprint density at radius 2 is 1.88 bits per heavy atom. The van der Waals surface area contributed by atoms with E-state index >= 15 is 0 Å². The summed E-state index contributed by atoms with van der Waals surface area (Å²) in [6.45, 7) is -0.571. The molecule has 4 nitrogen and oxygen atoms in total. The molecule has 0 aliphatic heterocycles. The van der Waals surface area contributed by atoms with E-state index in [1.807, 2.05) is 0 Å². The highest BCUT2D eigenvalue weighted by atomic mass is 33.1. The fourth-order valence-corrected chi connectivity index (χ4v) is 4.15. The van der Waals surface area contributed by atoms with Crippen molar-refractivity contribution in [1.82, 2.24) is 0 Å². The molecule has 16 heavy (non-hydrogen) atoms. The molecule has 1 N–H and O–H groups in total. The Kier molecular flexibility index (Phi) is 12.1. The van der Waals surface area contributed by atoms with E-state index < -0.39 is 6.72 Å². The zero-order valence-electron chi connectivity index (χ0n) is 9.29. The first kappa shape index (κ1) is 17.2. The van der Waals surface area contributed by atoms with Gasteiger partial charge in [-0.05, 0) is 19.8 Å². The minimum absolute atomic E-state index is 0.240. The van der Waals surface area contributed by atoms with E-state index in [4.69, 9.17) is 14.2 Å². The molecule has 0 spiro atoms. The van der Waals surface area contributed by atoms with Gasteiger partial charge in [-0.25, -0.2) is 0 Å². The summed E-state index contributed by atoms with van der Waals surface area (Å²) in [6, 6.07) is 0. The van der Waals surface area contributed by atoms with Crippen LogP contribution in [-0.2, 0) is 20.9 Å². The SMILES string of the molecule is CCOP([O-])(=S)OCCCSSCCCO. The molecule has 1 unspecified atom stereocenters. The fraction of sp³-hybridized carbons (Fsp3) is 1.00. The Morgan fingerprint density at radius 3 is 2.44 bits per heavy atom. The number of hydrogen-bond donors (Lipinski definition) is 1. The Labute approximate surface area is 110 Å². The molecule has 0 aliphatic carbocycles. The third kappa shape index (κ3) is 11.7. The lowest BCUT2D eigenvalue weighted by atomic mass is 10.5. The smallest absolute Gasteiger partial charge is 0.115 e. The number of hydrogen-bond acceptors (Lipinski definition) is 7. The van der Waals surface area contributed by atoms with E-state index in [0.717, 1.165) is 24.3 Å². The Bertz CT molecular complexity index is 206. The van der Waals surface area contributed by atoms with E-state index in [-0.39, 0.29) is 6.61 Å². The number of rotatable bonds is 11. The third-order valence-electron chi connectivity index (χ3n) is 1.38. The van der Waals surface area contributed by atoms with Gasteiger partial charge < -0.3 is 19.0 Å².